The van der Waals surface area contributed by atoms with Crippen LogP contribution in [0.5, 0.6) is 5.75 Å². The van der Waals surface area contributed by atoms with Gasteiger partial charge in [-0.3, -0.25) is 4.98 Å². The SMILES string of the molecule is C[C@@H](N)c1ccc(F)cc1OCc1ccc(Br)cn1. The number of rotatable bonds is 4. The Hall–Kier alpha value is -1.46. The first-order chi connectivity index (χ1) is 9.06. The van der Waals surface area contributed by atoms with Crippen molar-refractivity contribution in [3.8, 4) is 5.75 Å². The van der Waals surface area contributed by atoms with Gasteiger partial charge in [0, 0.05) is 28.3 Å². The number of halogens is 2. The van der Waals surface area contributed by atoms with Gasteiger partial charge in [0.25, 0.3) is 0 Å². The molecular formula is C14H14BrFN2O. The molecule has 0 bridgehead atoms. The number of pyridine rings is 1. The maximum absolute atomic E-state index is 13.2. The van der Waals surface area contributed by atoms with Crippen molar-refractivity contribution in [3.63, 3.8) is 0 Å². The van der Waals surface area contributed by atoms with Crippen molar-refractivity contribution in [3.05, 3.63) is 58.1 Å². The number of nitrogens with zero attached hydrogens (tertiary/aromatic N) is 1. The van der Waals surface area contributed by atoms with Gasteiger partial charge < -0.3 is 10.5 Å². The fraction of sp³-hybridized carbons (Fsp3) is 0.214. The fourth-order valence-corrected chi connectivity index (χ4v) is 1.89. The predicted molar refractivity (Wildman–Crippen MR) is 75.3 cm³/mol. The largest absolute Gasteiger partial charge is 0.487 e. The summed E-state index contributed by atoms with van der Waals surface area (Å²) in [7, 11) is 0. The lowest BCUT2D eigenvalue weighted by atomic mass is 10.1. The van der Waals surface area contributed by atoms with E-state index in [0.717, 1.165) is 15.7 Å². The molecule has 2 N–H and O–H groups in total. The van der Waals surface area contributed by atoms with E-state index in [1.807, 2.05) is 19.1 Å². The van der Waals surface area contributed by atoms with Gasteiger partial charge in [0.2, 0.25) is 0 Å². The molecule has 0 aliphatic heterocycles. The summed E-state index contributed by atoms with van der Waals surface area (Å²) in [4.78, 5) is 4.19. The maximum atomic E-state index is 13.2. The van der Waals surface area contributed by atoms with E-state index in [1.165, 1.54) is 12.1 Å². The quantitative estimate of drug-likeness (QED) is 0.935. The monoisotopic (exact) mass is 324 g/mol. The molecule has 0 saturated carbocycles. The van der Waals surface area contributed by atoms with Gasteiger partial charge in [-0.2, -0.15) is 0 Å². The molecule has 0 amide bonds. The van der Waals surface area contributed by atoms with E-state index in [-0.39, 0.29) is 18.5 Å². The zero-order chi connectivity index (χ0) is 13.8. The van der Waals surface area contributed by atoms with E-state index in [9.17, 15) is 4.39 Å². The second-order valence-corrected chi connectivity index (χ2v) is 5.14. The summed E-state index contributed by atoms with van der Waals surface area (Å²) in [5.41, 5.74) is 7.37. The molecule has 0 unspecified atom stereocenters. The molecule has 0 saturated heterocycles. The first kappa shape index (κ1) is 14.0. The van der Waals surface area contributed by atoms with Crippen molar-refractivity contribution in [1.29, 1.82) is 0 Å². The second kappa shape index (κ2) is 6.12. The van der Waals surface area contributed by atoms with Gasteiger partial charge in [0.15, 0.2) is 0 Å². The minimum Gasteiger partial charge on any atom is -0.487 e. The van der Waals surface area contributed by atoms with Crippen LogP contribution in [0.15, 0.2) is 41.0 Å². The number of nitrogens with two attached hydrogens (primary N) is 1. The van der Waals surface area contributed by atoms with E-state index in [4.69, 9.17) is 10.5 Å². The zero-order valence-corrected chi connectivity index (χ0v) is 12.0. The molecule has 0 aliphatic rings. The van der Waals surface area contributed by atoms with Gasteiger partial charge in [-0.25, -0.2) is 4.39 Å². The molecule has 0 fully saturated rings. The van der Waals surface area contributed by atoms with Crippen LogP contribution in [0.2, 0.25) is 0 Å². The molecule has 1 aromatic carbocycles. The number of hydrogen-bond donors (Lipinski definition) is 1. The minimum atomic E-state index is -0.344. The number of ether oxygens (including phenoxy) is 1. The molecule has 3 nitrogen and oxygen atoms in total. The molecule has 1 aromatic heterocycles. The number of aromatic nitrogens is 1. The third-order valence-corrected chi connectivity index (χ3v) is 3.10. The third-order valence-electron chi connectivity index (χ3n) is 2.63. The average Bonchev–Trinajstić information content (AvgIpc) is 2.38. The van der Waals surface area contributed by atoms with Crippen LogP contribution in [0.1, 0.15) is 24.2 Å². The van der Waals surface area contributed by atoms with Crippen LogP contribution in [0.3, 0.4) is 0 Å². The Balaban J connectivity index is 2.14. The minimum absolute atomic E-state index is 0.214. The van der Waals surface area contributed by atoms with Gasteiger partial charge in [-0.15, -0.1) is 0 Å². The van der Waals surface area contributed by atoms with Crippen LogP contribution in [0, 0.1) is 5.82 Å². The lowest BCUT2D eigenvalue weighted by molar-refractivity contribution is 0.295. The highest BCUT2D eigenvalue weighted by molar-refractivity contribution is 9.10. The van der Waals surface area contributed by atoms with Crippen molar-refractivity contribution >= 4 is 15.9 Å². The lowest BCUT2D eigenvalue weighted by Gasteiger charge is -2.13. The topological polar surface area (TPSA) is 48.1 Å². The molecule has 0 aliphatic carbocycles. The summed E-state index contributed by atoms with van der Waals surface area (Å²) >= 11 is 3.31. The molecule has 1 heterocycles. The van der Waals surface area contributed by atoms with E-state index < -0.39 is 0 Å². The molecular weight excluding hydrogens is 311 g/mol. The van der Waals surface area contributed by atoms with Crippen molar-refractivity contribution in [2.75, 3.05) is 0 Å². The van der Waals surface area contributed by atoms with E-state index in [2.05, 4.69) is 20.9 Å². The Labute approximate surface area is 119 Å². The normalized spacial score (nSPS) is 12.2. The van der Waals surface area contributed by atoms with Crippen LogP contribution in [0.4, 0.5) is 4.39 Å². The maximum Gasteiger partial charge on any atom is 0.130 e. The van der Waals surface area contributed by atoms with Gasteiger partial charge in [-0.05, 0) is 41.1 Å². The molecule has 0 spiro atoms. The Morgan fingerprint density at radius 1 is 1.37 bits per heavy atom. The highest BCUT2D eigenvalue weighted by Gasteiger charge is 2.10. The van der Waals surface area contributed by atoms with Crippen LogP contribution >= 0.6 is 15.9 Å². The molecule has 1 atom stereocenters. The number of benzene rings is 1. The lowest BCUT2D eigenvalue weighted by Crippen LogP contribution is -2.08. The zero-order valence-electron chi connectivity index (χ0n) is 10.4. The highest BCUT2D eigenvalue weighted by atomic mass is 79.9. The average molecular weight is 325 g/mol. The van der Waals surface area contributed by atoms with E-state index in [0.29, 0.717) is 5.75 Å². The Morgan fingerprint density at radius 3 is 2.79 bits per heavy atom. The van der Waals surface area contributed by atoms with E-state index in [1.54, 1.807) is 12.3 Å². The standard InChI is InChI=1S/C14H14BrFN2O/c1-9(17)13-5-3-11(16)6-14(13)19-8-12-4-2-10(15)7-18-12/h2-7,9H,8,17H2,1H3/t9-/m1/s1. The van der Waals surface area contributed by atoms with Crippen LogP contribution in [-0.2, 0) is 6.61 Å². The number of hydrogen-bond acceptors (Lipinski definition) is 3. The summed E-state index contributed by atoms with van der Waals surface area (Å²) in [6.45, 7) is 2.11. The molecule has 5 heteroatoms. The first-order valence-electron chi connectivity index (χ1n) is 5.84. The first-order valence-corrected chi connectivity index (χ1v) is 6.64. The fourth-order valence-electron chi connectivity index (χ4n) is 1.65. The van der Waals surface area contributed by atoms with Crippen molar-refractivity contribution in [1.82, 2.24) is 4.98 Å². The molecule has 2 rings (SSSR count). The molecule has 100 valence electrons. The predicted octanol–water partition coefficient (Wildman–Crippen LogP) is 3.58. The molecule has 19 heavy (non-hydrogen) atoms. The summed E-state index contributed by atoms with van der Waals surface area (Å²) in [6.07, 6.45) is 1.69. The summed E-state index contributed by atoms with van der Waals surface area (Å²) in [6, 6.07) is 7.87. The smallest absolute Gasteiger partial charge is 0.130 e. The van der Waals surface area contributed by atoms with Gasteiger partial charge in [-0.1, -0.05) is 6.07 Å². The Bertz CT molecular complexity index is 558. The van der Waals surface area contributed by atoms with Gasteiger partial charge in [0.05, 0.1) is 5.69 Å². The van der Waals surface area contributed by atoms with Crippen molar-refractivity contribution in [2.45, 2.75) is 19.6 Å². The summed E-state index contributed by atoms with van der Waals surface area (Å²) in [5.74, 6) is 0.114. The Morgan fingerprint density at radius 2 is 2.16 bits per heavy atom. The highest BCUT2D eigenvalue weighted by Crippen LogP contribution is 2.25. The van der Waals surface area contributed by atoms with Gasteiger partial charge >= 0.3 is 0 Å². The molecule has 2 aromatic rings. The van der Waals surface area contributed by atoms with Gasteiger partial charge in [0.1, 0.15) is 18.2 Å². The van der Waals surface area contributed by atoms with Crippen LogP contribution < -0.4 is 10.5 Å². The Kier molecular flexibility index (Phi) is 4.50. The van der Waals surface area contributed by atoms with Crippen LogP contribution in [-0.4, -0.2) is 4.98 Å². The summed E-state index contributed by atoms with van der Waals surface area (Å²) < 4.78 is 19.8. The van der Waals surface area contributed by atoms with E-state index >= 15 is 0 Å². The summed E-state index contributed by atoms with van der Waals surface area (Å²) in [5, 5.41) is 0. The van der Waals surface area contributed by atoms with Crippen molar-refractivity contribution < 1.29 is 9.13 Å². The third kappa shape index (κ3) is 3.75. The second-order valence-electron chi connectivity index (χ2n) is 4.23. The molecule has 0 radical (unpaired) electrons. The van der Waals surface area contributed by atoms with Crippen LogP contribution in [0.25, 0.3) is 0 Å². The van der Waals surface area contributed by atoms with Crippen molar-refractivity contribution in [2.24, 2.45) is 5.73 Å².